The summed E-state index contributed by atoms with van der Waals surface area (Å²) in [5.74, 6) is -2.24. The second-order valence-electron chi connectivity index (χ2n) is 19.4. The molecule has 326 valence electrons. The van der Waals surface area contributed by atoms with Crippen LogP contribution in [0.3, 0.4) is 0 Å². The number of fused-ring (bicyclic) bond motifs is 3. The third-order valence-corrected chi connectivity index (χ3v) is 16.0. The van der Waals surface area contributed by atoms with E-state index in [1.54, 1.807) is 11.0 Å². The van der Waals surface area contributed by atoms with Crippen LogP contribution in [0.5, 0.6) is 5.75 Å². The number of ether oxygens (including phenoxy) is 2. The van der Waals surface area contributed by atoms with Crippen LogP contribution < -0.4 is 9.46 Å². The molecule has 3 aromatic rings. The van der Waals surface area contributed by atoms with Gasteiger partial charge in [-0.15, -0.1) is 6.58 Å². The minimum atomic E-state index is -3.86. The van der Waals surface area contributed by atoms with E-state index in [0.29, 0.717) is 18.6 Å². The van der Waals surface area contributed by atoms with Gasteiger partial charge in [0.1, 0.15) is 11.9 Å². The maximum absolute atomic E-state index is 15.2. The molecular weight excluding hydrogens is 791 g/mol. The molecule has 5 aliphatic rings. The second-order valence-corrected chi connectivity index (χ2v) is 21.4. The standard InChI is InChI=1S/C49H61N3O8S/c1-5-35-27-49(35,47(56)51-61(57,58)37-19-20-37)28-43(53)42-24-36-29-52(42)46(55)38(32-14-8-6-9-15-32)25-45(54)59-30-48(3,4)21-13-12-18-34-23-39-41(22-31(34)2)50-40(26-44(39)60-36)33-16-10-7-11-17-33/h5,7,10-11,16-17,22-23,26,32,35-38,42H,1,6,8-9,12-15,18-21,24-25,27-30H2,2-4H3,(H,51,56)/t35-,36-,38+,42+,49-/m1/s1. The van der Waals surface area contributed by atoms with E-state index in [2.05, 4.69) is 44.2 Å². The van der Waals surface area contributed by atoms with E-state index in [0.717, 1.165) is 85.5 Å². The van der Waals surface area contributed by atoms with E-state index in [9.17, 15) is 22.8 Å². The largest absolute Gasteiger partial charge is 0.488 e. The molecule has 1 aromatic heterocycles. The third-order valence-electron chi connectivity index (χ3n) is 14.2. The Kier molecular flexibility index (Phi) is 12.2. The van der Waals surface area contributed by atoms with E-state index >= 15 is 4.79 Å². The summed E-state index contributed by atoms with van der Waals surface area (Å²) in [6, 6.07) is 15.2. The van der Waals surface area contributed by atoms with Crippen LogP contribution in [-0.2, 0) is 40.4 Å². The highest BCUT2D eigenvalue weighted by Crippen LogP contribution is 2.57. The van der Waals surface area contributed by atoms with E-state index < -0.39 is 50.6 Å². The summed E-state index contributed by atoms with van der Waals surface area (Å²) in [5.41, 5.74) is 3.24. The fourth-order valence-electron chi connectivity index (χ4n) is 10.1. The lowest BCUT2D eigenvalue weighted by atomic mass is 9.77. The molecule has 0 radical (unpaired) electrons. The van der Waals surface area contributed by atoms with Crippen molar-refractivity contribution in [3.05, 3.63) is 72.3 Å². The van der Waals surface area contributed by atoms with E-state index in [-0.39, 0.29) is 67.8 Å². The van der Waals surface area contributed by atoms with Crippen molar-refractivity contribution in [3.63, 3.8) is 0 Å². The zero-order valence-electron chi connectivity index (χ0n) is 36.0. The molecule has 2 amide bonds. The number of ketones is 1. The van der Waals surface area contributed by atoms with Gasteiger partial charge in [0.25, 0.3) is 0 Å². The van der Waals surface area contributed by atoms with E-state index in [1.165, 1.54) is 5.56 Å². The number of Topliss-reactive ketones (excluding diaryl/α,β-unsaturated/α-hetero) is 1. The highest BCUT2D eigenvalue weighted by atomic mass is 32.2. The monoisotopic (exact) mass is 851 g/mol. The number of nitrogens with zero attached hydrogens (tertiary/aromatic N) is 2. The summed E-state index contributed by atoms with van der Waals surface area (Å²) in [7, 11) is -3.86. The van der Waals surface area contributed by atoms with Gasteiger partial charge in [-0.3, -0.25) is 23.9 Å². The van der Waals surface area contributed by atoms with Crippen LogP contribution >= 0.6 is 0 Å². The van der Waals surface area contributed by atoms with Crippen LogP contribution in [0.4, 0.5) is 0 Å². The van der Waals surface area contributed by atoms with Crippen LogP contribution in [0, 0.1) is 35.5 Å². The van der Waals surface area contributed by atoms with Gasteiger partial charge in [-0.2, -0.15) is 0 Å². The number of pyridine rings is 1. The van der Waals surface area contributed by atoms with Gasteiger partial charge >= 0.3 is 5.97 Å². The van der Waals surface area contributed by atoms with Crippen LogP contribution in [0.1, 0.15) is 115 Å². The maximum atomic E-state index is 15.2. The molecule has 12 heteroatoms. The minimum absolute atomic E-state index is 0.0517. The Balaban J connectivity index is 1.18. The summed E-state index contributed by atoms with van der Waals surface area (Å²) in [6.07, 6.45) is 10.3. The first kappa shape index (κ1) is 43.1. The quantitative estimate of drug-likeness (QED) is 0.166. The Bertz CT molecular complexity index is 2300. The lowest BCUT2D eigenvalue weighted by molar-refractivity contribution is -0.154. The first-order valence-electron chi connectivity index (χ1n) is 22.5. The SMILES string of the molecule is C=C[C@@H]1C[C@]1(CC(=O)[C@@H]1C[C@@H]2CN1C(=O)[C@H](C1CCCCC1)CC(=O)OCC(C)(C)CCCCc1cc3c(cc(-c4ccccc4)nc3cc1C)O2)C(=O)NS(=O)(=O)C1CC1. The van der Waals surface area contributed by atoms with Gasteiger partial charge in [-0.05, 0) is 98.8 Å². The molecule has 3 aliphatic carbocycles. The first-order valence-corrected chi connectivity index (χ1v) is 24.0. The number of hydrogen-bond donors (Lipinski definition) is 1. The van der Waals surface area contributed by atoms with E-state index in [4.69, 9.17) is 14.5 Å². The predicted octanol–water partition coefficient (Wildman–Crippen LogP) is 8.20. The summed E-state index contributed by atoms with van der Waals surface area (Å²) in [4.78, 5) is 64.2. The summed E-state index contributed by atoms with van der Waals surface area (Å²) >= 11 is 0. The van der Waals surface area contributed by atoms with Gasteiger partial charge in [-0.1, -0.05) is 75.9 Å². The lowest BCUT2D eigenvalue weighted by Gasteiger charge is -2.34. The number of carbonyl (C=O) groups is 4. The van der Waals surface area contributed by atoms with Crippen LogP contribution in [0.15, 0.2) is 61.2 Å². The van der Waals surface area contributed by atoms with Crippen molar-refractivity contribution in [2.24, 2.45) is 28.6 Å². The lowest BCUT2D eigenvalue weighted by Crippen LogP contribution is -2.48. The van der Waals surface area contributed by atoms with Gasteiger partial charge in [-0.25, -0.2) is 13.4 Å². The van der Waals surface area contributed by atoms with E-state index in [1.807, 2.05) is 36.4 Å². The summed E-state index contributed by atoms with van der Waals surface area (Å²) < 4.78 is 41.1. The van der Waals surface area contributed by atoms with Crippen LogP contribution in [-0.4, -0.2) is 72.4 Å². The number of benzene rings is 2. The Labute approximate surface area is 360 Å². The number of carbonyl (C=O) groups excluding carboxylic acids is 4. The average molecular weight is 852 g/mol. The van der Waals surface area contributed by atoms with Gasteiger partial charge in [0.15, 0.2) is 5.78 Å². The molecule has 2 aliphatic heterocycles. The predicted molar refractivity (Wildman–Crippen MR) is 234 cm³/mol. The molecule has 3 heterocycles. The van der Waals surface area contributed by atoms with Crippen LogP contribution in [0.2, 0.25) is 0 Å². The Morgan fingerprint density at radius 1 is 1.00 bits per heavy atom. The number of esters is 1. The van der Waals surface area contributed by atoms with Gasteiger partial charge in [0.05, 0.1) is 53.4 Å². The third kappa shape index (κ3) is 9.44. The fraction of sp³-hybridized carbons (Fsp3) is 0.571. The first-order chi connectivity index (χ1) is 29.2. The zero-order valence-corrected chi connectivity index (χ0v) is 36.8. The molecule has 1 N–H and O–H groups in total. The number of allylic oxidation sites excluding steroid dienone is 1. The molecule has 2 aromatic carbocycles. The van der Waals surface area contributed by atoms with Crippen molar-refractivity contribution in [1.29, 1.82) is 0 Å². The Morgan fingerprint density at radius 2 is 1.75 bits per heavy atom. The summed E-state index contributed by atoms with van der Waals surface area (Å²) in [5, 5.41) is 0.250. The number of amides is 2. The van der Waals surface area contributed by atoms with Crippen LogP contribution in [0.25, 0.3) is 22.2 Å². The van der Waals surface area contributed by atoms with Gasteiger partial charge < -0.3 is 14.4 Å². The fourth-order valence-corrected chi connectivity index (χ4v) is 11.5. The number of sulfonamides is 1. The summed E-state index contributed by atoms with van der Waals surface area (Å²) in [6.45, 7) is 10.6. The molecular formula is C49H61N3O8S. The Hall–Kier alpha value is -4.58. The zero-order chi connectivity index (χ0) is 43.1. The number of rotatable bonds is 9. The normalized spacial score (nSPS) is 27.6. The highest BCUT2D eigenvalue weighted by Gasteiger charge is 2.61. The molecule has 0 unspecified atom stereocenters. The molecule has 3 saturated carbocycles. The van der Waals surface area contributed by atoms with Crippen molar-refractivity contribution in [2.75, 3.05) is 13.2 Å². The van der Waals surface area contributed by atoms with Crippen molar-refractivity contribution in [3.8, 4) is 17.0 Å². The smallest absolute Gasteiger partial charge is 0.306 e. The molecule has 11 nitrogen and oxygen atoms in total. The van der Waals surface area contributed by atoms with Crippen molar-refractivity contribution >= 4 is 44.5 Å². The topological polar surface area (TPSA) is 149 Å². The number of nitrogens with one attached hydrogen (secondary N) is 1. The number of cyclic esters (lactones) is 1. The molecule has 61 heavy (non-hydrogen) atoms. The number of hydrogen-bond acceptors (Lipinski definition) is 9. The molecule has 0 spiro atoms. The molecule has 8 rings (SSSR count). The number of aromatic nitrogens is 1. The van der Waals surface area contributed by atoms with Crippen molar-refractivity contribution < 1.29 is 37.1 Å². The Morgan fingerprint density at radius 3 is 2.46 bits per heavy atom. The average Bonchev–Trinajstić information content (AvgIpc) is 4.18. The van der Waals surface area contributed by atoms with Crippen molar-refractivity contribution in [1.82, 2.24) is 14.6 Å². The number of aryl methyl sites for hydroxylation is 2. The van der Waals surface area contributed by atoms with Gasteiger partial charge in [0, 0.05) is 29.9 Å². The highest BCUT2D eigenvalue weighted by molar-refractivity contribution is 7.90. The second kappa shape index (κ2) is 17.3. The minimum Gasteiger partial charge on any atom is -0.488 e. The molecule has 5 atom stereocenters. The molecule has 4 bridgehead atoms. The van der Waals surface area contributed by atoms with Crippen molar-refractivity contribution in [2.45, 2.75) is 134 Å². The molecule has 4 fully saturated rings. The van der Waals surface area contributed by atoms with Gasteiger partial charge in [0.2, 0.25) is 21.8 Å². The molecule has 1 saturated heterocycles. The maximum Gasteiger partial charge on any atom is 0.306 e.